The Bertz CT molecular complexity index is 557. The average molecular weight is 338 g/mol. The van der Waals surface area contributed by atoms with Crippen molar-refractivity contribution in [3.8, 4) is 0 Å². The van der Waals surface area contributed by atoms with Gasteiger partial charge in [0, 0.05) is 11.0 Å². The summed E-state index contributed by atoms with van der Waals surface area (Å²) in [5.41, 5.74) is 0.524. The van der Waals surface area contributed by atoms with Gasteiger partial charge in [0.15, 0.2) is 6.10 Å². The maximum atomic E-state index is 11.9. The SMILES string of the molecule is Cc1ccc(Br)cc1S(=O)(=O)NCC(O)C(=O)O. The number of rotatable bonds is 5. The lowest BCUT2D eigenvalue weighted by Gasteiger charge is -2.11. The minimum Gasteiger partial charge on any atom is -0.479 e. The van der Waals surface area contributed by atoms with Gasteiger partial charge in [-0.1, -0.05) is 22.0 Å². The molecule has 0 saturated carbocycles. The molecule has 6 nitrogen and oxygen atoms in total. The quantitative estimate of drug-likeness (QED) is 0.725. The monoisotopic (exact) mass is 337 g/mol. The number of aliphatic carboxylic acids is 1. The van der Waals surface area contributed by atoms with Gasteiger partial charge in [0.1, 0.15) is 0 Å². The van der Waals surface area contributed by atoms with E-state index in [9.17, 15) is 13.2 Å². The zero-order valence-corrected chi connectivity index (χ0v) is 11.8. The van der Waals surface area contributed by atoms with Crippen LogP contribution in [0, 0.1) is 6.92 Å². The molecule has 8 heteroatoms. The van der Waals surface area contributed by atoms with Gasteiger partial charge in [-0.2, -0.15) is 0 Å². The first kappa shape index (κ1) is 15.1. The second kappa shape index (κ2) is 5.79. The molecule has 0 aliphatic heterocycles. The summed E-state index contributed by atoms with van der Waals surface area (Å²) in [5.74, 6) is -1.48. The molecule has 0 spiro atoms. The number of hydrogen-bond donors (Lipinski definition) is 3. The summed E-state index contributed by atoms with van der Waals surface area (Å²) in [5, 5.41) is 17.5. The molecule has 0 aromatic heterocycles. The number of nitrogens with one attached hydrogen (secondary N) is 1. The number of aryl methyl sites for hydroxylation is 1. The van der Waals surface area contributed by atoms with Gasteiger partial charge in [0.05, 0.1) is 4.90 Å². The number of halogens is 1. The molecule has 0 heterocycles. The predicted octanol–water partition coefficient (Wildman–Crippen LogP) is 0.481. The van der Waals surface area contributed by atoms with Gasteiger partial charge in [-0.15, -0.1) is 0 Å². The lowest BCUT2D eigenvalue weighted by atomic mass is 10.2. The standard InChI is InChI=1S/C10H12BrNO5S/c1-6-2-3-7(11)4-9(6)18(16,17)12-5-8(13)10(14)15/h2-4,8,12-13H,5H2,1H3,(H,14,15). The van der Waals surface area contributed by atoms with Crippen molar-refractivity contribution in [1.29, 1.82) is 0 Å². The van der Waals surface area contributed by atoms with Gasteiger partial charge in [-0.05, 0) is 24.6 Å². The fourth-order valence-electron chi connectivity index (χ4n) is 1.22. The molecule has 1 aromatic carbocycles. The Morgan fingerprint density at radius 3 is 2.67 bits per heavy atom. The fraction of sp³-hybridized carbons (Fsp3) is 0.300. The van der Waals surface area contributed by atoms with E-state index in [0.29, 0.717) is 10.0 Å². The molecule has 1 rings (SSSR count). The van der Waals surface area contributed by atoms with Crippen molar-refractivity contribution >= 4 is 31.9 Å². The highest BCUT2D eigenvalue weighted by atomic mass is 79.9. The Morgan fingerprint density at radius 1 is 1.50 bits per heavy atom. The van der Waals surface area contributed by atoms with Crippen LogP contribution in [0.1, 0.15) is 5.56 Å². The van der Waals surface area contributed by atoms with Gasteiger partial charge in [-0.25, -0.2) is 17.9 Å². The molecule has 0 amide bonds. The van der Waals surface area contributed by atoms with Gasteiger partial charge in [0.2, 0.25) is 10.0 Å². The summed E-state index contributed by atoms with van der Waals surface area (Å²) >= 11 is 3.16. The Labute approximate surface area is 113 Å². The third kappa shape index (κ3) is 3.77. The summed E-state index contributed by atoms with van der Waals surface area (Å²) in [6.45, 7) is 1.04. The second-order valence-corrected chi connectivity index (χ2v) is 6.27. The molecule has 1 atom stereocenters. The van der Waals surface area contributed by atoms with E-state index in [4.69, 9.17) is 10.2 Å². The summed E-state index contributed by atoms with van der Waals surface area (Å²) in [7, 11) is -3.85. The third-order valence-electron chi connectivity index (χ3n) is 2.19. The van der Waals surface area contributed by atoms with Crippen molar-refractivity contribution in [3.63, 3.8) is 0 Å². The number of carbonyl (C=O) groups is 1. The van der Waals surface area contributed by atoms with Gasteiger partial charge >= 0.3 is 5.97 Å². The van der Waals surface area contributed by atoms with Crippen molar-refractivity contribution in [2.24, 2.45) is 0 Å². The maximum absolute atomic E-state index is 11.9. The van der Waals surface area contributed by atoms with Crippen molar-refractivity contribution < 1.29 is 23.4 Å². The molecule has 18 heavy (non-hydrogen) atoms. The van der Waals surface area contributed by atoms with E-state index in [1.807, 2.05) is 4.72 Å². The summed E-state index contributed by atoms with van der Waals surface area (Å²) in [6, 6.07) is 4.72. The van der Waals surface area contributed by atoms with E-state index in [1.165, 1.54) is 6.07 Å². The first-order chi connectivity index (χ1) is 8.24. The third-order valence-corrected chi connectivity index (χ3v) is 4.25. The van der Waals surface area contributed by atoms with E-state index in [1.54, 1.807) is 19.1 Å². The number of hydrogen-bond acceptors (Lipinski definition) is 4. The van der Waals surface area contributed by atoms with E-state index in [-0.39, 0.29) is 4.90 Å². The number of benzene rings is 1. The summed E-state index contributed by atoms with van der Waals surface area (Å²) in [4.78, 5) is 10.4. The first-order valence-electron chi connectivity index (χ1n) is 4.91. The zero-order valence-electron chi connectivity index (χ0n) is 9.42. The molecule has 100 valence electrons. The molecule has 1 aromatic rings. The van der Waals surface area contributed by atoms with Crippen LogP contribution >= 0.6 is 15.9 Å². The Kier molecular flexibility index (Phi) is 4.85. The molecule has 0 aliphatic rings. The highest BCUT2D eigenvalue weighted by Gasteiger charge is 2.21. The van der Waals surface area contributed by atoms with Crippen LogP contribution in [0.5, 0.6) is 0 Å². The molecule has 0 bridgehead atoms. The maximum Gasteiger partial charge on any atom is 0.333 e. The van der Waals surface area contributed by atoms with E-state index in [2.05, 4.69) is 15.9 Å². The second-order valence-electron chi connectivity index (χ2n) is 3.62. The molecule has 3 N–H and O–H groups in total. The summed E-state index contributed by atoms with van der Waals surface area (Å²) < 4.78 is 26.4. The molecule has 0 aliphatic carbocycles. The highest BCUT2D eigenvalue weighted by molar-refractivity contribution is 9.10. The molecule has 0 saturated heterocycles. The van der Waals surface area contributed by atoms with E-state index in [0.717, 1.165) is 0 Å². The van der Waals surface area contributed by atoms with Crippen LogP contribution in [-0.2, 0) is 14.8 Å². The van der Waals surface area contributed by atoms with Crippen LogP contribution in [0.3, 0.4) is 0 Å². The topological polar surface area (TPSA) is 104 Å². The van der Waals surface area contributed by atoms with Gasteiger partial charge in [0.25, 0.3) is 0 Å². The molecule has 0 radical (unpaired) electrons. The van der Waals surface area contributed by atoms with Crippen LogP contribution in [0.15, 0.2) is 27.6 Å². The molecular weight excluding hydrogens is 326 g/mol. The van der Waals surface area contributed by atoms with Crippen LogP contribution < -0.4 is 4.72 Å². The number of carboxylic acids is 1. The molecular formula is C10H12BrNO5S. The molecule has 0 fully saturated rings. The zero-order chi connectivity index (χ0) is 13.9. The number of sulfonamides is 1. The van der Waals surface area contributed by atoms with Crippen molar-refractivity contribution in [3.05, 3.63) is 28.2 Å². The largest absolute Gasteiger partial charge is 0.479 e. The number of carboxylic acid groups (broad SMARTS) is 1. The van der Waals surface area contributed by atoms with Crippen molar-refractivity contribution in [1.82, 2.24) is 4.72 Å². The Balaban J connectivity index is 2.93. The Hall–Kier alpha value is -0.960. The minimum absolute atomic E-state index is 0.0365. The average Bonchev–Trinajstić information content (AvgIpc) is 2.29. The normalized spacial score (nSPS) is 13.3. The fourth-order valence-corrected chi connectivity index (χ4v) is 3.04. The van der Waals surface area contributed by atoms with Crippen LogP contribution in [-0.4, -0.2) is 37.2 Å². The van der Waals surface area contributed by atoms with Crippen molar-refractivity contribution in [2.45, 2.75) is 17.9 Å². The smallest absolute Gasteiger partial charge is 0.333 e. The Morgan fingerprint density at radius 2 is 2.11 bits per heavy atom. The highest BCUT2D eigenvalue weighted by Crippen LogP contribution is 2.20. The lowest BCUT2D eigenvalue weighted by molar-refractivity contribution is -0.146. The summed E-state index contributed by atoms with van der Waals surface area (Å²) in [6.07, 6.45) is -1.77. The van der Waals surface area contributed by atoms with Crippen molar-refractivity contribution in [2.75, 3.05) is 6.54 Å². The molecule has 1 unspecified atom stereocenters. The minimum atomic E-state index is -3.85. The van der Waals surface area contributed by atoms with E-state index >= 15 is 0 Å². The van der Waals surface area contributed by atoms with Gasteiger partial charge < -0.3 is 10.2 Å². The van der Waals surface area contributed by atoms with Crippen LogP contribution in [0.25, 0.3) is 0 Å². The first-order valence-corrected chi connectivity index (χ1v) is 7.18. The van der Waals surface area contributed by atoms with Crippen LogP contribution in [0.2, 0.25) is 0 Å². The predicted molar refractivity (Wildman–Crippen MR) is 67.7 cm³/mol. The number of aliphatic hydroxyl groups is 1. The van der Waals surface area contributed by atoms with Crippen LogP contribution in [0.4, 0.5) is 0 Å². The van der Waals surface area contributed by atoms with E-state index < -0.39 is 28.6 Å². The number of aliphatic hydroxyl groups excluding tert-OH is 1. The lowest BCUT2D eigenvalue weighted by Crippen LogP contribution is -2.36. The van der Waals surface area contributed by atoms with Gasteiger partial charge in [-0.3, -0.25) is 0 Å².